The van der Waals surface area contributed by atoms with Crippen LogP contribution in [0, 0.1) is 6.92 Å². The molecular weight excluding hydrogens is 348 g/mol. The molecule has 0 saturated carbocycles. The predicted octanol–water partition coefficient (Wildman–Crippen LogP) is 2.62. The lowest BCUT2D eigenvalue weighted by molar-refractivity contribution is 0.0303. The number of amides is 1. The standard InChI is InChI=1S/C19H24N4O2S/c1-14-11-17(22(2)3)21-19(20-14)26-13-15-5-4-6-16(12-15)18(24)23-7-9-25-10-8-23/h4-6,11-12H,7-10,13H2,1-3H3. The number of nitrogens with zero attached hydrogens (tertiary/aromatic N) is 4. The van der Waals surface area contributed by atoms with Gasteiger partial charge >= 0.3 is 0 Å². The highest BCUT2D eigenvalue weighted by atomic mass is 32.2. The van der Waals surface area contributed by atoms with Crippen molar-refractivity contribution < 1.29 is 9.53 Å². The molecule has 1 aliphatic heterocycles. The minimum absolute atomic E-state index is 0.0712. The summed E-state index contributed by atoms with van der Waals surface area (Å²) in [6, 6.07) is 9.77. The maximum absolute atomic E-state index is 12.6. The highest BCUT2D eigenvalue weighted by Crippen LogP contribution is 2.23. The fourth-order valence-electron chi connectivity index (χ4n) is 2.71. The third-order valence-electron chi connectivity index (χ3n) is 4.12. The van der Waals surface area contributed by atoms with Crippen LogP contribution in [0.4, 0.5) is 5.82 Å². The van der Waals surface area contributed by atoms with Crippen LogP contribution in [0.2, 0.25) is 0 Å². The topological polar surface area (TPSA) is 58.6 Å². The monoisotopic (exact) mass is 372 g/mol. The average Bonchev–Trinajstić information content (AvgIpc) is 2.66. The lowest BCUT2D eigenvalue weighted by Crippen LogP contribution is -2.40. The normalized spacial score (nSPS) is 14.3. The van der Waals surface area contributed by atoms with E-state index in [1.54, 1.807) is 11.8 Å². The molecule has 0 unspecified atom stereocenters. The van der Waals surface area contributed by atoms with Crippen molar-refractivity contribution in [3.8, 4) is 0 Å². The molecular formula is C19H24N4O2S. The van der Waals surface area contributed by atoms with E-state index >= 15 is 0 Å². The molecule has 1 fully saturated rings. The maximum Gasteiger partial charge on any atom is 0.254 e. The van der Waals surface area contributed by atoms with Crippen molar-refractivity contribution >= 4 is 23.5 Å². The zero-order valence-electron chi connectivity index (χ0n) is 15.4. The number of anilines is 1. The smallest absolute Gasteiger partial charge is 0.254 e. The predicted molar refractivity (Wildman–Crippen MR) is 104 cm³/mol. The number of thioether (sulfide) groups is 1. The van der Waals surface area contributed by atoms with Gasteiger partial charge in [-0.1, -0.05) is 23.9 Å². The molecule has 0 N–H and O–H groups in total. The number of rotatable bonds is 5. The Morgan fingerprint density at radius 3 is 2.73 bits per heavy atom. The summed E-state index contributed by atoms with van der Waals surface area (Å²) in [4.78, 5) is 25.5. The summed E-state index contributed by atoms with van der Waals surface area (Å²) in [5, 5.41) is 0.749. The minimum atomic E-state index is 0.0712. The van der Waals surface area contributed by atoms with E-state index in [0.717, 1.165) is 33.5 Å². The third-order valence-corrected chi connectivity index (χ3v) is 5.04. The molecule has 6 nitrogen and oxygen atoms in total. The number of ether oxygens (including phenoxy) is 1. The Morgan fingerprint density at radius 1 is 1.23 bits per heavy atom. The summed E-state index contributed by atoms with van der Waals surface area (Å²) in [7, 11) is 3.94. The summed E-state index contributed by atoms with van der Waals surface area (Å²) in [5.74, 6) is 1.69. The number of benzene rings is 1. The molecule has 26 heavy (non-hydrogen) atoms. The zero-order valence-corrected chi connectivity index (χ0v) is 16.3. The van der Waals surface area contributed by atoms with Crippen molar-refractivity contribution in [1.82, 2.24) is 14.9 Å². The van der Waals surface area contributed by atoms with Gasteiger partial charge in [0.1, 0.15) is 5.82 Å². The van der Waals surface area contributed by atoms with E-state index in [-0.39, 0.29) is 5.91 Å². The number of morpholine rings is 1. The van der Waals surface area contributed by atoms with Crippen LogP contribution in [0.25, 0.3) is 0 Å². The highest BCUT2D eigenvalue weighted by molar-refractivity contribution is 7.98. The van der Waals surface area contributed by atoms with Gasteiger partial charge in [0.05, 0.1) is 13.2 Å². The largest absolute Gasteiger partial charge is 0.378 e. The van der Waals surface area contributed by atoms with Crippen molar-refractivity contribution in [2.24, 2.45) is 0 Å². The Balaban J connectivity index is 1.68. The molecule has 0 aliphatic carbocycles. The SMILES string of the molecule is Cc1cc(N(C)C)nc(SCc2cccc(C(=O)N3CCOCC3)c2)n1. The van der Waals surface area contributed by atoms with Gasteiger partial charge in [-0.15, -0.1) is 0 Å². The van der Waals surface area contributed by atoms with Gasteiger partial charge in [-0.2, -0.15) is 0 Å². The van der Waals surface area contributed by atoms with Gasteiger partial charge in [0.25, 0.3) is 5.91 Å². The van der Waals surface area contributed by atoms with Gasteiger partial charge in [0.15, 0.2) is 5.16 Å². The second-order valence-electron chi connectivity index (χ2n) is 6.44. The van der Waals surface area contributed by atoms with Gasteiger partial charge < -0.3 is 14.5 Å². The van der Waals surface area contributed by atoms with Crippen molar-refractivity contribution in [1.29, 1.82) is 0 Å². The Bertz CT molecular complexity index is 776. The summed E-state index contributed by atoms with van der Waals surface area (Å²) < 4.78 is 5.32. The van der Waals surface area contributed by atoms with Gasteiger partial charge in [0, 0.05) is 50.3 Å². The van der Waals surface area contributed by atoms with E-state index < -0.39 is 0 Å². The lowest BCUT2D eigenvalue weighted by Gasteiger charge is -2.27. The van der Waals surface area contributed by atoms with Gasteiger partial charge in [-0.05, 0) is 24.6 Å². The van der Waals surface area contributed by atoms with Crippen LogP contribution in [0.3, 0.4) is 0 Å². The van der Waals surface area contributed by atoms with E-state index in [1.165, 1.54) is 0 Å². The average molecular weight is 372 g/mol. The molecule has 3 rings (SSSR count). The first-order chi connectivity index (χ1) is 12.5. The van der Waals surface area contributed by atoms with Crippen LogP contribution in [-0.4, -0.2) is 61.2 Å². The number of hydrogen-bond acceptors (Lipinski definition) is 6. The first-order valence-corrected chi connectivity index (χ1v) is 9.63. The summed E-state index contributed by atoms with van der Waals surface area (Å²) in [6.45, 7) is 4.51. The van der Waals surface area contributed by atoms with E-state index in [9.17, 15) is 4.79 Å². The number of aryl methyl sites for hydroxylation is 1. The maximum atomic E-state index is 12.6. The molecule has 1 aromatic heterocycles. The van der Waals surface area contributed by atoms with Crippen molar-refractivity contribution in [2.45, 2.75) is 17.8 Å². The van der Waals surface area contributed by atoms with Crippen molar-refractivity contribution in [3.63, 3.8) is 0 Å². The molecule has 0 radical (unpaired) electrons. The molecule has 1 aliphatic rings. The second kappa shape index (κ2) is 8.51. The number of carbonyl (C=O) groups excluding carboxylic acids is 1. The van der Waals surface area contributed by atoms with Gasteiger partial charge in [-0.3, -0.25) is 4.79 Å². The zero-order chi connectivity index (χ0) is 18.5. The molecule has 1 amide bonds. The minimum Gasteiger partial charge on any atom is -0.378 e. The van der Waals surface area contributed by atoms with Crippen molar-refractivity contribution in [3.05, 3.63) is 47.2 Å². The quantitative estimate of drug-likeness (QED) is 0.594. The van der Waals surface area contributed by atoms with Crippen LogP contribution < -0.4 is 4.90 Å². The molecule has 0 spiro atoms. The van der Waals surface area contributed by atoms with Crippen LogP contribution in [0.1, 0.15) is 21.6 Å². The van der Waals surface area contributed by atoms with Crippen LogP contribution in [-0.2, 0) is 10.5 Å². The Morgan fingerprint density at radius 2 is 2.00 bits per heavy atom. The first-order valence-electron chi connectivity index (χ1n) is 8.65. The summed E-state index contributed by atoms with van der Waals surface area (Å²) in [5.41, 5.74) is 2.76. The number of aromatic nitrogens is 2. The van der Waals surface area contributed by atoms with Gasteiger partial charge in [0.2, 0.25) is 0 Å². The highest BCUT2D eigenvalue weighted by Gasteiger charge is 2.18. The Kier molecular flexibility index (Phi) is 6.11. The van der Waals surface area contributed by atoms with Crippen LogP contribution in [0.5, 0.6) is 0 Å². The first kappa shape index (κ1) is 18.7. The molecule has 2 heterocycles. The molecule has 1 aromatic carbocycles. The summed E-state index contributed by atoms with van der Waals surface area (Å²) >= 11 is 1.58. The van der Waals surface area contributed by atoms with E-state index in [0.29, 0.717) is 26.3 Å². The number of hydrogen-bond donors (Lipinski definition) is 0. The lowest BCUT2D eigenvalue weighted by atomic mass is 10.1. The van der Waals surface area contributed by atoms with E-state index in [2.05, 4.69) is 9.97 Å². The van der Waals surface area contributed by atoms with Crippen LogP contribution >= 0.6 is 11.8 Å². The fourth-order valence-corrected chi connectivity index (χ4v) is 3.55. The number of carbonyl (C=O) groups is 1. The van der Waals surface area contributed by atoms with Crippen LogP contribution in [0.15, 0.2) is 35.5 Å². The molecule has 1 saturated heterocycles. The Hall–Kier alpha value is -2.12. The Labute approximate surface area is 158 Å². The molecule has 0 atom stereocenters. The van der Waals surface area contributed by atoms with E-state index in [4.69, 9.17) is 4.74 Å². The molecule has 138 valence electrons. The molecule has 7 heteroatoms. The molecule has 2 aromatic rings. The van der Waals surface area contributed by atoms with Gasteiger partial charge in [-0.25, -0.2) is 9.97 Å². The molecule has 0 bridgehead atoms. The summed E-state index contributed by atoms with van der Waals surface area (Å²) in [6.07, 6.45) is 0. The second-order valence-corrected chi connectivity index (χ2v) is 7.38. The fraction of sp³-hybridized carbons (Fsp3) is 0.421. The van der Waals surface area contributed by atoms with Crippen molar-refractivity contribution in [2.75, 3.05) is 45.3 Å². The third kappa shape index (κ3) is 4.74. The van der Waals surface area contributed by atoms with E-state index in [1.807, 2.05) is 61.2 Å².